The number of carbonyl (C=O) groups is 1. The van der Waals surface area contributed by atoms with Crippen LogP contribution in [0, 0.1) is 0 Å². The van der Waals surface area contributed by atoms with E-state index >= 15 is 0 Å². The second-order valence-electron chi connectivity index (χ2n) is 6.88. The number of halogens is 1. The summed E-state index contributed by atoms with van der Waals surface area (Å²) in [4.78, 5) is 20.7. The molecule has 1 aliphatic rings. The molecule has 164 valence electrons. The van der Waals surface area contributed by atoms with Crippen molar-refractivity contribution in [2.24, 2.45) is 4.99 Å². The van der Waals surface area contributed by atoms with Gasteiger partial charge in [0, 0.05) is 35.3 Å². The minimum absolute atomic E-state index is 0.0563. The lowest BCUT2D eigenvalue weighted by atomic mass is 10.1. The number of carbonyl (C=O) groups excluding carboxylic acids is 1. The maximum Gasteiger partial charge on any atom is 0.257 e. The van der Waals surface area contributed by atoms with Crippen molar-refractivity contribution in [2.45, 2.75) is 19.2 Å². The third kappa shape index (κ3) is 4.80. The molecule has 1 amide bonds. The van der Waals surface area contributed by atoms with Crippen LogP contribution in [0.25, 0.3) is 5.57 Å². The van der Waals surface area contributed by atoms with Crippen LogP contribution in [0.4, 0.5) is 9.52 Å². The fourth-order valence-electron chi connectivity index (χ4n) is 3.04. The summed E-state index contributed by atoms with van der Waals surface area (Å²) in [6, 6.07) is 8.64. The van der Waals surface area contributed by atoms with Gasteiger partial charge in [-0.3, -0.25) is 20.1 Å². The number of dihydropyridines is 1. The molecule has 8 nitrogen and oxygen atoms in total. The third-order valence-corrected chi connectivity index (χ3v) is 5.63. The molecule has 0 radical (unpaired) electrons. The van der Waals surface area contributed by atoms with E-state index in [1.807, 2.05) is 19.1 Å². The third-order valence-electron chi connectivity index (χ3n) is 4.74. The van der Waals surface area contributed by atoms with Gasteiger partial charge in [0.25, 0.3) is 5.91 Å². The number of ether oxygens (including phenoxy) is 2. The van der Waals surface area contributed by atoms with Crippen LogP contribution in [0.3, 0.4) is 0 Å². The Morgan fingerprint density at radius 1 is 1.28 bits per heavy atom. The Balaban J connectivity index is 1.46. The molecule has 0 saturated heterocycles. The van der Waals surface area contributed by atoms with E-state index < -0.39 is 12.1 Å². The van der Waals surface area contributed by atoms with E-state index in [1.54, 1.807) is 36.7 Å². The Morgan fingerprint density at radius 3 is 2.91 bits per heavy atom. The first kappa shape index (κ1) is 21.6. The van der Waals surface area contributed by atoms with Gasteiger partial charge < -0.3 is 9.47 Å². The molecule has 0 bridgehead atoms. The fraction of sp³-hybridized carbons (Fsp3) is 0.227. The number of hydrogen-bond acceptors (Lipinski definition) is 8. The lowest BCUT2D eigenvalue weighted by Gasteiger charge is -2.17. The summed E-state index contributed by atoms with van der Waals surface area (Å²) in [6.07, 6.45) is 5.04. The minimum Gasteiger partial charge on any atom is -0.493 e. The number of nitrogens with one attached hydrogen (secondary N) is 1. The lowest BCUT2D eigenvalue weighted by molar-refractivity contribution is 0.102. The average molecular weight is 453 g/mol. The SMILES string of the molecule is COc1cc(C(=O)Nc2nnc(C3=CC=NCC3F)s2)ccc1O[C@@H](C)c1cccnc1. The summed E-state index contributed by atoms with van der Waals surface area (Å²) in [5.74, 6) is 0.519. The summed E-state index contributed by atoms with van der Waals surface area (Å²) in [5, 5.41) is 11.3. The van der Waals surface area contributed by atoms with Gasteiger partial charge in [0.05, 0.1) is 13.7 Å². The Morgan fingerprint density at radius 2 is 2.16 bits per heavy atom. The van der Waals surface area contributed by atoms with Crippen LogP contribution in [0.1, 0.15) is 34.0 Å². The number of allylic oxidation sites excluding steroid dienone is 1. The predicted molar refractivity (Wildman–Crippen MR) is 120 cm³/mol. The first-order chi connectivity index (χ1) is 15.5. The lowest BCUT2D eigenvalue weighted by Crippen LogP contribution is -2.12. The molecule has 1 unspecified atom stereocenters. The van der Waals surface area contributed by atoms with Gasteiger partial charge in [0.1, 0.15) is 17.3 Å². The zero-order chi connectivity index (χ0) is 22.5. The number of rotatable bonds is 7. The van der Waals surface area contributed by atoms with Gasteiger partial charge in [0.2, 0.25) is 5.13 Å². The normalized spacial score (nSPS) is 16.2. The summed E-state index contributed by atoms with van der Waals surface area (Å²) < 4.78 is 25.4. The van der Waals surface area contributed by atoms with Crippen molar-refractivity contribution in [2.75, 3.05) is 19.0 Å². The molecular weight excluding hydrogens is 433 g/mol. The number of anilines is 1. The number of aliphatic imine (C=N–C) groups is 1. The summed E-state index contributed by atoms with van der Waals surface area (Å²) in [6.45, 7) is 1.96. The molecule has 3 aromatic rings. The molecule has 0 saturated carbocycles. The molecular formula is C22H20FN5O3S. The number of aromatic nitrogens is 3. The van der Waals surface area contributed by atoms with Crippen molar-refractivity contribution in [1.82, 2.24) is 15.2 Å². The standard InChI is InChI=1S/C22H20FN5O3S/c1-13(15-4-3-8-24-11-15)31-18-6-5-14(10-19(18)30-2)20(29)26-22-28-27-21(32-22)16-7-9-25-12-17(16)23/h3-11,13,17H,12H2,1-2H3,(H,26,28,29)/t13-,17?/m0/s1. The van der Waals surface area contributed by atoms with E-state index in [2.05, 4.69) is 25.5 Å². The molecule has 1 aromatic carbocycles. The number of benzene rings is 1. The molecule has 0 fully saturated rings. The molecule has 32 heavy (non-hydrogen) atoms. The maximum absolute atomic E-state index is 14.0. The highest BCUT2D eigenvalue weighted by molar-refractivity contribution is 7.16. The maximum atomic E-state index is 14.0. The van der Waals surface area contributed by atoms with Gasteiger partial charge >= 0.3 is 0 Å². The van der Waals surface area contributed by atoms with Crippen molar-refractivity contribution >= 4 is 34.2 Å². The molecule has 0 spiro atoms. The molecule has 4 rings (SSSR count). The zero-order valence-electron chi connectivity index (χ0n) is 17.4. The molecule has 2 atom stereocenters. The van der Waals surface area contributed by atoms with Crippen LogP contribution in [0.5, 0.6) is 11.5 Å². The minimum atomic E-state index is -1.23. The quantitative estimate of drug-likeness (QED) is 0.577. The summed E-state index contributed by atoms with van der Waals surface area (Å²) in [5.41, 5.74) is 1.68. The molecule has 3 heterocycles. The Labute approximate surface area is 187 Å². The number of amides is 1. The zero-order valence-corrected chi connectivity index (χ0v) is 18.2. The number of alkyl halides is 1. The number of methoxy groups -OCH3 is 1. The van der Waals surface area contributed by atoms with E-state index in [0.29, 0.717) is 27.6 Å². The van der Waals surface area contributed by atoms with Gasteiger partial charge in [-0.2, -0.15) is 0 Å². The van der Waals surface area contributed by atoms with E-state index in [9.17, 15) is 9.18 Å². The van der Waals surface area contributed by atoms with Crippen LogP contribution < -0.4 is 14.8 Å². The highest BCUT2D eigenvalue weighted by atomic mass is 32.1. The Hall–Kier alpha value is -3.66. The van der Waals surface area contributed by atoms with E-state index in [4.69, 9.17) is 9.47 Å². The van der Waals surface area contributed by atoms with Gasteiger partial charge in [-0.1, -0.05) is 17.4 Å². The Kier molecular flexibility index (Phi) is 6.50. The highest BCUT2D eigenvalue weighted by Gasteiger charge is 2.21. The van der Waals surface area contributed by atoms with Gasteiger partial charge in [-0.25, -0.2) is 4.39 Å². The van der Waals surface area contributed by atoms with Gasteiger partial charge in [-0.05, 0) is 37.3 Å². The van der Waals surface area contributed by atoms with E-state index in [0.717, 1.165) is 16.9 Å². The summed E-state index contributed by atoms with van der Waals surface area (Å²) >= 11 is 1.10. The van der Waals surface area contributed by atoms with Crippen LogP contribution in [0.2, 0.25) is 0 Å². The second-order valence-corrected chi connectivity index (χ2v) is 7.86. The van der Waals surface area contributed by atoms with E-state index in [-0.39, 0.29) is 17.8 Å². The van der Waals surface area contributed by atoms with Crippen LogP contribution in [-0.2, 0) is 0 Å². The van der Waals surface area contributed by atoms with Gasteiger partial charge in [0.15, 0.2) is 11.5 Å². The number of hydrogen-bond donors (Lipinski definition) is 1. The predicted octanol–water partition coefficient (Wildman–Crippen LogP) is 4.14. The topological polar surface area (TPSA) is 98.6 Å². The van der Waals surface area contributed by atoms with Crippen molar-refractivity contribution < 1.29 is 18.7 Å². The monoisotopic (exact) mass is 453 g/mol. The molecule has 1 N–H and O–H groups in total. The van der Waals surface area contributed by atoms with Crippen molar-refractivity contribution in [1.29, 1.82) is 0 Å². The molecule has 10 heteroatoms. The van der Waals surface area contributed by atoms with Gasteiger partial charge in [-0.15, -0.1) is 10.2 Å². The van der Waals surface area contributed by atoms with Crippen molar-refractivity contribution in [3.8, 4) is 11.5 Å². The van der Waals surface area contributed by atoms with Crippen molar-refractivity contribution in [3.63, 3.8) is 0 Å². The molecule has 2 aromatic heterocycles. The van der Waals surface area contributed by atoms with Crippen LogP contribution in [-0.4, -0.2) is 47.1 Å². The molecule has 1 aliphatic heterocycles. The smallest absolute Gasteiger partial charge is 0.257 e. The summed E-state index contributed by atoms with van der Waals surface area (Å²) in [7, 11) is 1.50. The Bertz CT molecular complexity index is 1170. The number of nitrogens with zero attached hydrogens (tertiary/aromatic N) is 4. The largest absolute Gasteiger partial charge is 0.493 e. The average Bonchev–Trinajstić information content (AvgIpc) is 3.28. The van der Waals surface area contributed by atoms with E-state index in [1.165, 1.54) is 13.3 Å². The fourth-order valence-corrected chi connectivity index (χ4v) is 3.84. The first-order valence-corrected chi connectivity index (χ1v) is 10.6. The molecule has 0 aliphatic carbocycles. The second kappa shape index (κ2) is 9.65. The van der Waals surface area contributed by atoms with Crippen LogP contribution in [0.15, 0.2) is 53.8 Å². The van der Waals surface area contributed by atoms with Crippen LogP contribution >= 0.6 is 11.3 Å². The van der Waals surface area contributed by atoms with Crippen molar-refractivity contribution in [3.05, 3.63) is 64.9 Å². The number of pyridine rings is 1. The first-order valence-electron chi connectivity index (χ1n) is 9.79. The highest BCUT2D eigenvalue weighted by Crippen LogP contribution is 2.33.